The highest BCUT2D eigenvalue weighted by Gasteiger charge is 2.13. The lowest BCUT2D eigenvalue weighted by Gasteiger charge is -2.10. The molecule has 0 saturated heterocycles. The van der Waals surface area contributed by atoms with Crippen LogP contribution in [0, 0.1) is 0 Å². The van der Waals surface area contributed by atoms with Gasteiger partial charge in [0.15, 0.2) is 0 Å². The monoisotopic (exact) mass is 420 g/mol. The summed E-state index contributed by atoms with van der Waals surface area (Å²) < 4.78 is 6.04. The summed E-state index contributed by atoms with van der Waals surface area (Å²) in [7, 11) is 1.55. The second-order valence-corrected chi connectivity index (χ2v) is 7.22. The fourth-order valence-corrected chi connectivity index (χ4v) is 2.84. The van der Waals surface area contributed by atoms with Gasteiger partial charge in [-0.3, -0.25) is 14.4 Å². The first-order valence-corrected chi connectivity index (χ1v) is 9.79. The molecule has 1 heterocycles. The summed E-state index contributed by atoms with van der Waals surface area (Å²) in [6.45, 7) is 3.86. The molecule has 3 rings (SSSR count). The van der Waals surface area contributed by atoms with Gasteiger partial charge in [0.05, 0.1) is 7.11 Å². The van der Waals surface area contributed by atoms with Crippen molar-refractivity contribution in [2.24, 2.45) is 0 Å². The van der Waals surface area contributed by atoms with Gasteiger partial charge in [-0.2, -0.15) is 5.10 Å². The maximum absolute atomic E-state index is 12.5. The zero-order valence-corrected chi connectivity index (χ0v) is 17.6. The van der Waals surface area contributed by atoms with Crippen LogP contribution in [0.3, 0.4) is 0 Å². The SMILES string of the molecule is COc1ccc(NC(=O)c2ccc(=O)n(CC(=O)Nc3ccc(C(C)C)cc3)n2)cc1. The number of hydrogen-bond acceptors (Lipinski definition) is 5. The number of amides is 2. The number of carbonyl (C=O) groups excluding carboxylic acids is 2. The molecule has 31 heavy (non-hydrogen) atoms. The van der Waals surface area contributed by atoms with Gasteiger partial charge in [0, 0.05) is 17.4 Å². The third-order valence-electron chi connectivity index (χ3n) is 4.60. The molecule has 160 valence electrons. The van der Waals surface area contributed by atoms with E-state index in [0.717, 1.165) is 10.2 Å². The maximum atomic E-state index is 12.5. The Morgan fingerprint density at radius 3 is 2.16 bits per heavy atom. The molecule has 2 amide bonds. The molecule has 2 N–H and O–H groups in total. The molecular weight excluding hydrogens is 396 g/mol. The third-order valence-corrected chi connectivity index (χ3v) is 4.60. The third kappa shape index (κ3) is 5.79. The topological polar surface area (TPSA) is 102 Å². The Bertz CT molecular complexity index is 1120. The average molecular weight is 420 g/mol. The van der Waals surface area contributed by atoms with Crippen molar-refractivity contribution in [3.63, 3.8) is 0 Å². The van der Waals surface area contributed by atoms with Crippen LogP contribution in [0.5, 0.6) is 5.75 Å². The van der Waals surface area contributed by atoms with Crippen molar-refractivity contribution in [1.82, 2.24) is 9.78 Å². The highest BCUT2D eigenvalue weighted by atomic mass is 16.5. The summed E-state index contributed by atoms with van der Waals surface area (Å²) in [6, 6.07) is 16.8. The minimum atomic E-state index is -0.497. The van der Waals surface area contributed by atoms with Crippen LogP contribution in [0.15, 0.2) is 65.5 Å². The van der Waals surface area contributed by atoms with E-state index in [1.54, 1.807) is 31.4 Å². The fourth-order valence-electron chi connectivity index (χ4n) is 2.84. The molecule has 0 spiro atoms. The second kappa shape index (κ2) is 9.71. The summed E-state index contributed by atoms with van der Waals surface area (Å²) in [5.74, 6) is 0.136. The lowest BCUT2D eigenvalue weighted by molar-refractivity contribution is -0.117. The zero-order valence-electron chi connectivity index (χ0n) is 17.6. The van der Waals surface area contributed by atoms with Gasteiger partial charge in [-0.1, -0.05) is 26.0 Å². The summed E-state index contributed by atoms with van der Waals surface area (Å²) in [4.78, 5) is 36.9. The number of nitrogens with zero attached hydrogens (tertiary/aromatic N) is 2. The number of ether oxygens (including phenoxy) is 1. The van der Waals surface area contributed by atoms with Gasteiger partial charge in [-0.15, -0.1) is 0 Å². The van der Waals surface area contributed by atoms with Crippen molar-refractivity contribution in [1.29, 1.82) is 0 Å². The van der Waals surface area contributed by atoms with Gasteiger partial charge in [-0.05, 0) is 53.9 Å². The number of hydrogen-bond donors (Lipinski definition) is 2. The minimum absolute atomic E-state index is 0.0181. The molecule has 0 atom stereocenters. The highest BCUT2D eigenvalue weighted by molar-refractivity contribution is 6.02. The molecule has 0 radical (unpaired) electrons. The van der Waals surface area contributed by atoms with E-state index >= 15 is 0 Å². The van der Waals surface area contributed by atoms with Gasteiger partial charge < -0.3 is 15.4 Å². The van der Waals surface area contributed by atoms with Crippen molar-refractivity contribution in [3.8, 4) is 5.75 Å². The maximum Gasteiger partial charge on any atom is 0.276 e. The first kappa shape index (κ1) is 21.8. The Balaban J connectivity index is 1.67. The normalized spacial score (nSPS) is 10.6. The van der Waals surface area contributed by atoms with Crippen LogP contribution in [-0.2, 0) is 11.3 Å². The Morgan fingerprint density at radius 1 is 0.935 bits per heavy atom. The van der Waals surface area contributed by atoms with E-state index in [1.165, 1.54) is 12.1 Å². The van der Waals surface area contributed by atoms with E-state index in [2.05, 4.69) is 29.6 Å². The van der Waals surface area contributed by atoms with Crippen molar-refractivity contribution in [2.75, 3.05) is 17.7 Å². The Hall–Kier alpha value is -3.94. The van der Waals surface area contributed by atoms with E-state index < -0.39 is 17.4 Å². The number of rotatable bonds is 7. The summed E-state index contributed by atoms with van der Waals surface area (Å²) in [6.07, 6.45) is 0. The van der Waals surface area contributed by atoms with E-state index in [4.69, 9.17) is 4.74 Å². The molecule has 0 aliphatic carbocycles. The molecule has 2 aromatic carbocycles. The van der Waals surface area contributed by atoms with E-state index in [-0.39, 0.29) is 12.2 Å². The Morgan fingerprint density at radius 2 is 1.55 bits per heavy atom. The van der Waals surface area contributed by atoms with Crippen molar-refractivity contribution in [2.45, 2.75) is 26.3 Å². The van der Waals surface area contributed by atoms with Gasteiger partial charge in [-0.25, -0.2) is 4.68 Å². The number of anilines is 2. The van der Waals surface area contributed by atoms with Crippen LogP contribution in [-0.4, -0.2) is 28.7 Å². The lowest BCUT2D eigenvalue weighted by Crippen LogP contribution is -2.31. The summed E-state index contributed by atoms with van der Waals surface area (Å²) >= 11 is 0. The largest absolute Gasteiger partial charge is 0.497 e. The molecule has 0 unspecified atom stereocenters. The number of nitrogens with one attached hydrogen (secondary N) is 2. The quantitative estimate of drug-likeness (QED) is 0.611. The summed E-state index contributed by atoms with van der Waals surface area (Å²) in [5.41, 5.74) is 1.87. The molecular formula is C23H24N4O4. The number of benzene rings is 2. The van der Waals surface area contributed by atoms with Crippen LogP contribution in [0.2, 0.25) is 0 Å². The molecule has 1 aromatic heterocycles. The second-order valence-electron chi connectivity index (χ2n) is 7.22. The Labute approximate surface area is 179 Å². The standard InChI is InChI=1S/C23H24N4O4/c1-15(2)16-4-6-17(7-5-16)24-21(28)14-27-22(29)13-12-20(26-27)23(30)25-18-8-10-19(31-3)11-9-18/h4-13,15H,14H2,1-3H3,(H,24,28)(H,25,30). The highest BCUT2D eigenvalue weighted by Crippen LogP contribution is 2.17. The van der Waals surface area contributed by atoms with Crippen molar-refractivity contribution < 1.29 is 14.3 Å². The van der Waals surface area contributed by atoms with E-state index in [9.17, 15) is 14.4 Å². The van der Waals surface area contributed by atoms with Gasteiger partial charge in [0.1, 0.15) is 18.0 Å². The molecule has 0 aliphatic heterocycles. The van der Waals surface area contributed by atoms with Crippen LogP contribution in [0.1, 0.15) is 35.8 Å². The predicted molar refractivity (Wildman–Crippen MR) is 119 cm³/mol. The lowest BCUT2D eigenvalue weighted by atomic mass is 10.0. The van der Waals surface area contributed by atoms with Crippen LogP contribution in [0.25, 0.3) is 0 Å². The predicted octanol–water partition coefficient (Wildman–Crippen LogP) is 3.27. The van der Waals surface area contributed by atoms with Gasteiger partial charge in [0.2, 0.25) is 5.91 Å². The number of carbonyl (C=O) groups is 2. The molecule has 0 bridgehead atoms. The van der Waals surface area contributed by atoms with Gasteiger partial charge >= 0.3 is 0 Å². The first-order valence-electron chi connectivity index (χ1n) is 9.79. The fraction of sp³-hybridized carbons (Fsp3) is 0.217. The van der Waals surface area contributed by atoms with E-state index in [1.807, 2.05) is 24.3 Å². The van der Waals surface area contributed by atoms with Gasteiger partial charge in [0.25, 0.3) is 11.5 Å². The van der Waals surface area contributed by atoms with Crippen LogP contribution < -0.4 is 20.9 Å². The number of methoxy groups -OCH3 is 1. The molecule has 0 aliphatic rings. The minimum Gasteiger partial charge on any atom is -0.497 e. The van der Waals surface area contributed by atoms with E-state index in [0.29, 0.717) is 23.0 Å². The average Bonchev–Trinajstić information content (AvgIpc) is 2.76. The zero-order chi connectivity index (χ0) is 22.4. The van der Waals surface area contributed by atoms with Crippen molar-refractivity contribution >= 4 is 23.2 Å². The molecule has 0 saturated carbocycles. The smallest absolute Gasteiger partial charge is 0.276 e. The van der Waals surface area contributed by atoms with Crippen LogP contribution >= 0.6 is 0 Å². The number of aromatic nitrogens is 2. The molecule has 8 nitrogen and oxygen atoms in total. The molecule has 3 aromatic rings. The molecule has 0 fully saturated rings. The Kier molecular flexibility index (Phi) is 6.81. The van der Waals surface area contributed by atoms with Crippen molar-refractivity contribution in [3.05, 3.63) is 82.3 Å². The first-order chi connectivity index (χ1) is 14.9. The molecule has 8 heteroatoms. The summed E-state index contributed by atoms with van der Waals surface area (Å²) in [5, 5.41) is 9.45. The van der Waals surface area contributed by atoms with Crippen LogP contribution in [0.4, 0.5) is 11.4 Å².